The molecule has 9 nitrogen and oxygen atoms in total. The molecule has 0 radical (unpaired) electrons. The van der Waals surface area contributed by atoms with Gasteiger partial charge in [0.1, 0.15) is 12.6 Å². The van der Waals surface area contributed by atoms with Crippen molar-refractivity contribution in [1.82, 2.24) is 20.2 Å². The molecule has 2 aliphatic rings. The first-order valence-electron chi connectivity index (χ1n) is 11.6. The van der Waals surface area contributed by atoms with E-state index in [1.54, 1.807) is 6.92 Å². The summed E-state index contributed by atoms with van der Waals surface area (Å²) in [5.41, 5.74) is 5.91. The minimum absolute atomic E-state index is 0.0442. The number of carboxylic acid groups (broad SMARTS) is 1. The van der Waals surface area contributed by atoms with E-state index in [0.29, 0.717) is 5.69 Å². The summed E-state index contributed by atoms with van der Waals surface area (Å²) in [7, 11) is 0. The number of ether oxygens (including phenoxy) is 1. The molecule has 2 amide bonds. The Balaban J connectivity index is 1.18. The summed E-state index contributed by atoms with van der Waals surface area (Å²) >= 11 is 0. The molecule has 3 N–H and O–H groups in total. The lowest BCUT2D eigenvalue weighted by atomic mass is 9.98. The van der Waals surface area contributed by atoms with Crippen molar-refractivity contribution in [1.29, 1.82) is 0 Å². The molecule has 9 heteroatoms. The van der Waals surface area contributed by atoms with Crippen LogP contribution in [0, 0.1) is 0 Å². The topological polar surface area (TPSA) is 125 Å². The molecule has 5 rings (SSSR count). The number of rotatable bonds is 6. The Kier molecular flexibility index (Phi) is 5.98. The van der Waals surface area contributed by atoms with Gasteiger partial charge in [0.15, 0.2) is 0 Å². The minimum atomic E-state index is -1.08. The summed E-state index contributed by atoms with van der Waals surface area (Å²) in [4.78, 5) is 45.6. The number of carboxylic acids is 1. The van der Waals surface area contributed by atoms with E-state index in [0.717, 1.165) is 27.9 Å². The van der Waals surface area contributed by atoms with Gasteiger partial charge >= 0.3 is 12.1 Å². The van der Waals surface area contributed by atoms with E-state index in [1.165, 1.54) is 11.2 Å². The number of nitrogens with one attached hydrogen (secondary N) is 2. The Morgan fingerprint density at radius 2 is 1.80 bits per heavy atom. The highest BCUT2D eigenvalue weighted by Crippen LogP contribution is 2.44. The molecule has 1 aromatic heterocycles. The number of H-pyrrole nitrogens is 1. The van der Waals surface area contributed by atoms with Crippen LogP contribution in [-0.4, -0.2) is 56.6 Å². The molecule has 0 bridgehead atoms. The van der Waals surface area contributed by atoms with Crippen molar-refractivity contribution in [2.75, 3.05) is 6.61 Å². The zero-order valence-electron chi connectivity index (χ0n) is 19.2. The maximum absolute atomic E-state index is 12.9. The van der Waals surface area contributed by atoms with Gasteiger partial charge in [-0.1, -0.05) is 48.5 Å². The standard InChI is InChI=1S/C26H26N4O5/c1-15(10-24(31)30-12-22-21(27-14-28-22)11-23(30)25(32)33)29-26(34)35-13-20-18-8-4-2-6-16(18)17-7-3-5-9-19(17)20/h2-9,14-15,20,23H,10-13H2,1H3,(H,27,28)(H,29,34)(H,32,33)/t15-,23?/m0/s1. The van der Waals surface area contributed by atoms with Crippen LogP contribution in [0.1, 0.15) is 41.8 Å². The summed E-state index contributed by atoms with van der Waals surface area (Å²) in [6.07, 6.45) is 0.987. The second-order valence-corrected chi connectivity index (χ2v) is 8.98. The summed E-state index contributed by atoms with van der Waals surface area (Å²) in [5.74, 6) is -1.49. The highest BCUT2D eigenvalue weighted by molar-refractivity contribution is 5.85. The van der Waals surface area contributed by atoms with Crippen LogP contribution in [0.2, 0.25) is 0 Å². The molecule has 0 fully saturated rings. The first-order valence-corrected chi connectivity index (χ1v) is 11.6. The van der Waals surface area contributed by atoms with Crippen molar-refractivity contribution >= 4 is 18.0 Å². The van der Waals surface area contributed by atoms with E-state index in [1.807, 2.05) is 36.4 Å². The van der Waals surface area contributed by atoms with Gasteiger partial charge in [-0.2, -0.15) is 0 Å². The van der Waals surface area contributed by atoms with Crippen molar-refractivity contribution in [2.24, 2.45) is 0 Å². The minimum Gasteiger partial charge on any atom is -0.480 e. The second kappa shape index (κ2) is 9.25. The molecule has 0 spiro atoms. The zero-order valence-corrected chi connectivity index (χ0v) is 19.2. The molecule has 2 aromatic carbocycles. The van der Waals surface area contributed by atoms with E-state index in [-0.39, 0.29) is 37.8 Å². The van der Waals surface area contributed by atoms with Gasteiger partial charge in [0.25, 0.3) is 0 Å². The fourth-order valence-corrected chi connectivity index (χ4v) is 4.99. The predicted molar refractivity (Wildman–Crippen MR) is 127 cm³/mol. The number of nitrogens with zero attached hydrogens (tertiary/aromatic N) is 2. The van der Waals surface area contributed by atoms with Gasteiger partial charge in [0.05, 0.1) is 24.3 Å². The second-order valence-electron chi connectivity index (χ2n) is 8.98. The number of aromatic amines is 1. The number of alkyl carbamates (subject to hydrolysis) is 1. The molecular formula is C26H26N4O5. The molecule has 1 unspecified atom stereocenters. The molecule has 0 saturated carbocycles. The van der Waals surface area contributed by atoms with Crippen LogP contribution in [0.25, 0.3) is 11.1 Å². The number of carbonyl (C=O) groups is 3. The van der Waals surface area contributed by atoms with Gasteiger partial charge in [-0.15, -0.1) is 0 Å². The van der Waals surface area contributed by atoms with Crippen molar-refractivity contribution in [3.8, 4) is 11.1 Å². The first-order chi connectivity index (χ1) is 16.9. The maximum atomic E-state index is 12.9. The number of amides is 2. The smallest absolute Gasteiger partial charge is 0.407 e. The van der Waals surface area contributed by atoms with Crippen molar-refractivity contribution in [3.63, 3.8) is 0 Å². The van der Waals surface area contributed by atoms with Gasteiger partial charge in [0, 0.05) is 24.8 Å². The number of imidazole rings is 1. The van der Waals surface area contributed by atoms with E-state index in [9.17, 15) is 19.5 Å². The summed E-state index contributed by atoms with van der Waals surface area (Å²) in [5, 5.41) is 12.3. The van der Waals surface area contributed by atoms with Crippen LogP contribution in [0.15, 0.2) is 54.9 Å². The average Bonchev–Trinajstić information content (AvgIpc) is 3.43. The third kappa shape index (κ3) is 4.37. The summed E-state index contributed by atoms with van der Waals surface area (Å²) in [6.45, 7) is 2.01. The number of hydrogen-bond donors (Lipinski definition) is 3. The third-order valence-electron chi connectivity index (χ3n) is 6.69. The molecule has 3 aromatic rings. The normalized spacial score (nSPS) is 17.2. The van der Waals surface area contributed by atoms with Gasteiger partial charge in [-0.3, -0.25) is 4.79 Å². The average molecular weight is 475 g/mol. The zero-order chi connectivity index (χ0) is 24.5. The van der Waals surface area contributed by atoms with Crippen molar-refractivity contribution in [3.05, 3.63) is 77.4 Å². The molecule has 0 saturated heterocycles. The van der Waals surface area contributed by atoms with Crippen LogP contribution < -0.4 is 5.32 Å². The molecule has 1 aliphatic carbocycles. The Morgan fingerprint density at radius 3 is 2.46 bits per heavy atom. The molecular weight excluding hydrogens is 448 g/mol. The Hall–Kier alpha value is -4.14. The molecule has 2 heterocycles. The number of carbonyl (C=O) groups excluding carboxylic acids is 2. The molecule has 2 atom stereocenters. The van der Waals surface area contributed by atoms with E-state index >= 15 is 0 Å². The quantitative estimate of drug-likeness (QED) is 0.504. The number of hydrogen-bond acceptors (Lipinski definition) is 5. The first kappa shape index (κ1) is 22.6. The fourth-order valence-electron chi connectivity index (χ4n) is 4.99. The molecule has 1 aliphatic heterocycles. The lowest BCUT2D eigenvalue weighted by molar-refractivity contribution is -0.151. The van der Waals surface area contributed by atoms with Gasteiger partial charge in [-0.25, -0.2) is 14.6 Å². The Labute approximate surface area is 202 Å². The lowest BCUT2D eigenvalue weighted by Gasteiger charge is -2.33. The van der Waals surface area contributed by atoms with Gasteiger partial charge in [0.2, 0.25) is 5.91 Å². The maximum Gasteiger partial charge on any atom is 0.407 e. The Morgan fingerprint density at radius 1 is 1.14 bits per heavy atom. The van der Waals surface area contributed by atoms with Crippen LogP contribution in [0.3, 0.4) is 0 Å². The lowest BCUT2D eigenvalue weighted by Crippen LogP contribution is -2.50. The van der Waals surface area contributed by atoms with Crippen molar-refractivity contribution in [2.45, 2.75) is 44.3 Å². The number of aliphatic carboxylic acids is 1. The fraction of sp³-hybridized carbons (Fsp3) is 0.308. The van der Waals surface area contributed by atoms with Gasteiger partial charge in [-0.05, 0) is 29.2 Å². The highest BCUT2D eigenvalue weighted by Gasteiger charge is 2.36. The monoisotopic (exact) mass is 474 g/mol. The van der Waals surface area contributed by atoms with Crippen LogP contribution >= 0.6 is 0 Å². The van der Waals surface area contributed by atoms with Crippen molar-refractivity contribution < 1.29 is 24.2 Å². The molecule has 180 valence electrons. The van der Waals surface area contributed by atoms with Crippen LogP contribution in [0.5, 0.6) is 0 Å². The summed E-state index contributed by atoms with van der Waals surface area (Å²) in [6, 6.07) is 14.7. The molecule has 35 heavy (non-hydrogen) atoms. The highest BCUT2D eigenvalue weighted by atomic mass is 16.5. The summed E-state index contributed by atoms with van der Waals surface area (Å²) < 4.78 is 5.55. The SMILES string of the molecule is C[C@@H](CC(=O)N1Cc2[nH]cnc2CC1C(=O)O)NC(=O)OCC1c2ccccc2-c2ccccc21. The van der Waals surface area contributed by atoms with Crippen LogP contribution in [-0.2, 0) is 27.3 Å². The number of fused-ring (bicyclic) bond motifs is 4. The van der Waals surface area contributed by atoms with E-state index < -0.39 is 24.1 Å². The van der Waals surface area contributed by atoms with Crippen LogP contribution in [0.4, 0.5) is 4.79 Å². The Bertz CT molecular complexity index is 1240. The number of aromatic nitrogens is 2. The van der Waals surface area contributed by atoms with Gasteiger partial charge < -0.3 is 25.0 Å². The van der Waals surface area contributed by atoms with E-state index in [2.05, 4.69) is 27.4 Å². The van der Waals surface area contributed by atoms with E-state index in [4.69, 9.17) is 4.74 Å². The largest absolute Gasteiger partial charge is 0.480 e. The number of benzene rings is 2. The third-order valence-corrected chi connectivity index (χ3v) is 6.69. The predicted octanol–water partition coefficient (Wildman–Crippen LogP) is 3.06.